The Hall–Kier alpha value is -0.0800. The van der Waals surface area contributed by atoms with Crippen LogP contribution in [0, 0.1) is 0 Å². The summed E-state index contributed by atoms with van der Waals surface area (Å²) < 4.78 is 0. The lowest BCUT2D eigenvalue weighted by molar-refractivity contribution is 0.279. The minimum absolute atomic E-state index is 0.0833. The van der Waals surface area contributed by atoms with Gasteiger partial charge in [0.2, 0.25) is 0 Å². The zero-order valence-electron chi connectivity index (χ0n) is 6.71. The zero-order valence-corrected chi connectivity index (χ0v) is 6.71. The average molecular weight is 143 g/mol. The first-order valence-electron chi connectivity index (χ1n) is 4.15. The molecular formula is C8H17NO. The first-order chi connectivity index (χ1) is 4.79. The molecule has 0 spiro atoms. The third-order valence-corrected chi connectivity index (χ3v) is 1.88. The van der Waals surface area contributed by atoms with Gasteiger partial charge in [-0.2, -0.15) is 0 Å². The van der Waals surface area contributed by atoms with Crippen LogP contribution in [0.3, 0.4) is 0 Å². The molecule has 2 fully saturated rings. The fourth-order valence-electron chi connectivity index (χ4n) is 0.950. The Morgan fingerprint density at radius 3 is 1.70 bits per heavy atom. The van der Waals surface area contributed by atoms with Crippen LogP contribution in [0.1, 0.15) is 25.7 Å². The highest BCUT2D eigenvalue weighted by molar-refractivity contribution is 4.68. The largest absolute Gasteiger partial charge is 0.393 e. The number of hydrogen-bond acceptors (Lipinski definition) is 2. The number of aliphatic hydroxyl groups is 1. The van der Waals surface area contributed by atoms with Gasteiger partial charge in [0.1, 0.15) is 0 Å². The summed E-state index contributed by atoms with van der Waals surface area (Å²) in [5, 5.41) is 8.17. The van der Waals surface area contributed by atoms with Crippen LogP contribution in [0.25, 0.3) is 0 Å². The summed E-state index contributed by atoms with van der Waals surface area (Å²) in [5.41, 5.74) is 0. The number of hydrogen-bond donors (Lipinski definition) is 1. The second kappa shape index (κ2) is 3.94. The molecule has 1 saturated heterocycles. The van der Waals surface area contributed by atoms with Crippen molar-refractivity contribution in [1.29, 1.82) is 0 Å². The molecule has 2 rings (SSSR count). The molecule has 60 valence electrons. The first-order valence-corrected chi connectivity index (χ1v) is 4.15. The molecule has 1 saturated carbocycles. The van der Waals surface area contributed by atoms with Gasteiger partial charge in [-0.1, -0.05) is 0 Å². The van der Waals surface area contributed by atoms with Crippen molar-refractivity contribution in [3.8, 4) is 0 Å². The van der Waals surface area contributed by atoms with Crippen LogP contribution in [-0.4, -0.2) is 36.2 Å². The second-order valence-electron chi connectivity index (χ2n) is 3.24. The molecule has 0 atom stereocenters. The summed E-state index contributed by atoms with van der Waals surface area (Å²) in [7, 11) is 2.17. The molecule has 0 amide bonds. The van der Waals surface area contributed by atoms with E-state index in [2.05, 4.69) is 11.9 Å². The van der Waals surface area contributed by atoms with Gasteiger partial charge in [0.25, 0.3) is 0 Å². The third kappa shape index (κ3) is 3.85. The molecule has 0 unspecified atom stereocenters. The maximum atomic E-state index is 8.17. The van der Waals surface area contributed by atoms with E-state index in [1.165, 1.54) is 25.9 Å². The van der Waals surface area contributed by atoms with Crippen molar-refractivity contribution in [1.82, 2.24) is 4.90 Å². The Morgan fingerprint density at radius 1 is 1.20 bits per heavy atom. The molecule has 2 heteroatoms. The Balaban J connectivity index is 0.000000108. The van der Waals surface area contributed by atoms with E-state index in [4.69, 9.17) is 5.11 Å². The molecule has 1 heterocycles. The molecule has 1 aliphatic heterocycles. The van der Waals surface area contributed by atoms with E-state index in [9.17, 15) is 0 Å². The van der Waals surface area contributed by atoms with Crippen molar-refractivity contribution in [2.75, 3.05) is 20.1 Å². The third-order valence-electron chi connectivity index (χ3n) is 1.88. The van der Waals surface area contributed by atoms with E-state index in [-0.39, 0.29) is 6.10 Å². The molecule has 2 aliphatic rings. The van der Waals surface area contributed by atoms with E-state index in [0.29, 0.717) is 0 Å². The van der Waals surface area contributed by atoms with Crippen molar-refractivity contribution in [2.24, 2.45) is 0 Å². The average Bonchev–Trinajstić information content (AvgIpc) is 2.50. The molecule has 0 aromatic heterocycles. The Morgan fingerprint density at radius 2 is 1.60 bits per heavy atom. The topological polar surface area (TPSA) is 23.5 Å². The van der Waals surface area contributed by atoms with Crippen molar-refractivity contribution in [3.63, 3.8) is 0 Å². The van der Waals surface area contributed by atoms with Gasteiger partial charge in [-0.05, 0) is 45.8 Å². The maximum absolute atomic E-state index is 8.17. The van der Waals surface area contributed by atoms with Gasteiger partial charge in [0.05, 0.1) is 6.10 Å². The first kappa shape index (κ1) is 8.02. The Labute approximate surface area is 62.8 Å². The summed E-state index contributed by atoms with van der Waals surface area (Å²) in [4.78, 5) is 2.36. The standard InChI is InChI=1S/C5H11N.C3H6O/c1-6-4-2-3-5-6;4-3-1-2-3/h2-5H2,1H3;3-4H,1-2H2. The summed E-state index contributed by atoms with van der Waals surface area (Å²) in [6, 6.07) is 0. The molecule has 1 N–H and O–H groups in total. The normalized spacial score (nSPS) is 25.8. The lowest BCUT2D eigenvalue weighted by Crippen LogP contribution is -2.10. The van der Waals surface area contributed by atoms with E-state index in [1.807, 2.05) is 0 Å². The highest BCUT2D eigenvalue weighted by Gasteiger charge is 2.15. The molecule has 0 radical (unpaired) electrons. The highest BCUT2D eigenvalue weighted by Crippen LogP contribution is 2.16. The van der Waals surface area contributed by atoms with Gasteiger partial charge in [-0.25, -0.2) is 0 Å². The van der Waals surface area contributed by atoms with E-state index < -0.39 is 0 Å². The Kier molecular flexibility index (Phi) is 3.16. The van der Waals surface area contributed by atoms with Gasteiger partial charge < -0.3 is 10.0 Å². The van der Waals surface area contributed by atoms with E-state index in [1.54, 1.807) is 0 Å². The summed E-state index contributed by atoms with van der Waals surface area (Å²) in [6.45, 7) is 2.64. The molecular weight excluding hydrogens is 126 g/mol. The zero-order chi connectivity index (χ0) is 7.40. The molecule has 2 nitrogen and oxygen atoms in total. The summed E-state index contributed by atoms with van der Waals surface area (Å²) >= 11 is 0. The number of likely N-dealkylation sites (tertiary alicyclic amines) is 1. The predicted molar refractivity (Wildman–Crippen MR) is 42.0 cm³/mol. The fourth-order valence-corrected chi connectivity index (χ4v) is 0.950. The predicted octanol–water partition coefficient (Wildman–Crippen LogP) is 0.853. The minimum atomic E-state index is 0.0833. The van der Waals surface area contributed by atoms with Crippen molar-refractivity contribution >= 4 is 0 Å². The SMILES string of the molecule is CN1CCCC1.OC1CC1. The minimum Gasteiger partial charge on any atom is -0.393 e. The monoisotopic (exact) mass is 143 g/mol. The Bertz CT molecular complexity index is 85.3. The van der Waals surface area contributed by atoms with Crippen LogP contribution in [0.4, 0.5) is 0 Å². The summed E-state index contributed by atoms with van der Waals surface area (Å²) in [5.74, 6) is 0. The van der Waals surface area contributed by atoms with Crippen LogP contribution in [0.15, 0.2) is 0 Å². The smallest absolute Gasteiger partial charge is 0.0542 e. The quantitative estimate of drug-likeness (QED) is 0.543. The van der Waals surface area contributed by atoms with Gasteiger partial charge in [0.15, 0.2) is 0 Å². The van der Waals surface area contributed by atoms with Crippen LogP contribution < -0.4 is 0 Å². The highest BCUT2D eigenvalue weighted by atomic mass is 16.3. The van der Waals surface area contributed by atoms with Crippen molar-refractivity contribution in [3.05, 3.63) is 0 Å². The van der Waals surface area contributed by atoms with E-state index >= 15 is 0 Å². The lowest BCUT2D eigenvalue weighted by atomic mass is 10.4. The van der Waals surface area contributed by atoms with Gasteiger partial charge >= 0.3 is 0 Å². The van der Waals surface area contributed by atoms with Crippen molar-refractivity contribution in [2.45, 2.75) is 31.8 Å². The fraction of sp³-hybridized carbons (Fsp3) is 1.00. The number of rotatable bonds is 0. The second-order valence-corrected chi connectivity index (χ2v) is 3.24. The van der Waals surface area contributed by atoms with Crippen molar-refractivity contribution < 1.29 is 5.11 Å². The van der Waals surface area contributed by atoms with Gasteiger partial charge in [-0.3, -0.25) is 0 Å². The molecule has 10 heavy (non-hydrogen) atoms. The summed E-state index contributed by atoms with van der Waals surface area (Å²) in [6.07, 6.45) is 4.99. The van der Waals surface area contributed by atoms with Crippen LogP contribution in [0.5, 0.6) is 0 Å². The molecule has 0 aromatic carbocycles. The van der Waals surface area contributed by atoms with Gasteiger partial charge in [0, 0.05) is 0 Å². The number of nitrogens with zero attached hydrogens (tertiary/aromatic N) is 1. The number of aliphatic hydroxyl groups excluding tert-OH is 1. The van der Waals surface area contributed by atoms with Crippen LogP contribution in [0.2, 0.25) is 0 Å². The van der Waals surface area contributed by atoms with Gasteiger partial charge in [-0.15, -0.1) is 0 Å². The maximum Gasteiger partial charge on any atom is 0.0542 e. The lowest BCUT2D eigenvalue weighted by Gasteiger charge is -2.01. The molecule has 0 aromatic rings. The molecule has 0 bridgehead atoms. The van der Waals surface area contributed by atoms with E-state index in [0.717, 1.165) is 12.8 Å². The molecule has 1 aliphatic carbocycles. The van der Waals surface area contributed by atoms with Crippen LogP contribution in [-0.2, 0) is 0 Å². The van der Waals surface area contributed by atoms with Crippen LogP contribution >= 0.6 is 0 Å².